The van der Waals surface area contributed by atoms with Crippen molar-refractivity contribution < 1.29 is 4.79 Å². The van der Waals surface area contributed by atoms with Gasteiger partial charge in [0.2, 0.25) is 6.29 Å². The van der Waals surface area contributed by atoms with Gasteiger partial charge in [0.1, 0.15) is 5.92 Å². The average Bonchev–Trinajstić information content (AvgIpc) is 1.72. The maximum atomic E-state index is 9.55. The summed E-state index contributed by atoms with van der Waals surface area (Å²) >= 11 is 0. The summed E-state index contributed by atoms with van der Waals surface area (Å²) < 4.78 is 0. The van der Waals surface area contributed by atoms with Gasteiger partial charge >= 0.3 is 0 Å². The van der Waals surface area contributed by atoms with E-state index in [1.54, 1.807) is 6.07 Å². The Hall–Kier alpha value is -1.10. The first-order valence-corrected chi connectivity index (χ1v) is 1.75. The predicted molar refractivity (Wildman–Crippen MR) is 25.0 cm³/mol. The second-order valence-electron chi connectivity index (χ2n) is 0.960. The Kier molecular flexibility index (Phi) is 2.62. The number of hydrogen-bond donors (Lipinski definition) is 0. The van der Waals surface area contributed by atoms with Crippen LogP contribution < -0.4 is 0 Å². The molecule has 1 atom stereocenters. The molecule has 0 N–H and O–H groups in total. The van der Waals surface area contributed by atoms with E-state index in [0.29, 0.717) is 0 Å². The average molecular weight is 94.1 g/mol. The van der Waals surface area contributed by atoms with E-state index in [2.05, 4.69) is 6.58 Å². The smallest absolute Gasteiger partial charge is 0.221 e. The molecular weight excluding hydrogens is 90.1 g/mol. The van der Waals surface area contributed by atoms with Crippen molar-refractivity contribution in [2.75, 3.05) is 0 Å². The van der Waals surface area contributed by atoms with Crippen LogP contribution in [0.25, 0.3) is 0 Å². The van der Waals surface area contributed by atoms with E-state index in [0.717, 1.165) is 0 Å². The monoisotopic (exact) mass is 94.0 g/mol. The molecule has 0 heterocycles. The molecule has 0 fully saturated rings. The van der Waals surface area contributed by atoms with E-state index in [-0.39, 0.29) is 0 Å². The molecule has 1 unspecified atom stereocenters. The Labute approximate surface area is 42.1 Å². The maximum absolute atomic E-state index is 9.55. The zero-order valence-corrected chi connectivity index (χ0v) is 3.72. The second-order valence-corrected chi connectivity index (χ2v) is 0.960. The molecule has 0 amide bonds. The van der Waals surface area contributed by atoms with Gasteiger partial charge in [-0.2, -0.15) is 5.26 Å². The van der Waals surface area contributed by atoms with Gasteiger partial charge in [-0.15, -0.1) is 6.58 Å². The number of carbonyl (C=O) groups excluding carboxylic acids is 1. The van der Waals surface area contributed by atoms with Crippen molar-refractivity contribution in [3.05, 3.63) is 12.7 Å². The topological polar surface area (TPSA) is 40.9 Å². The molecule has 0 saturated carbocycles. The lowest BCUT2D eigenvalue weighted by Crippen LogP contribution is -1.89. The van der Waals surface area contributed by atoms with Crippen molar-refractivity contribution in [1.29, 1.82) is 5.26 Å². The fourth-order valence-electron chi connectivity index (χ4n) is 0.127. The summed E-state index contributed by atoms with van der Waals surface area (Å²) in [5.41, 5.74) is 0. The predicted octanol–water partition coefficient (Wildman–Crippen LogP) is 0.422. The lowest BCUT2D eigenvalue weighted by molar-refractivity contribution is 0.549. The Morgan fingerprint density at radius 2 is 2.43 bits per heavy atom. The third-order valence-corrected chi connectivity index (χ3v) is 0.502. The van der Waals surface area contributed by atoms with Crippen LogP contribution >= 0.6 is 0 Å². The fourth-order valence-corrected chi connectivity index (χ4v) is 0.127. The van der Waals surface area contributed by atoms with Gasteiger partial charge in [-0.05, 0) is 0 Å². The number of rotatable bonds is 2. The molecule has 7 heavy (non-hydrogen) atoms. The van der Waals surface area contributed by atoms with Crippen molar-refractivity contribution in [2.24, 2.45) is 5.92 Å². The minimum absolute atomic E-state index is 0.750. The fraction of sp³-hybridized carbons (Fsp3) is 0.200. The van der Waals surface area contributed by atoms with Crippen LogP contribution in [0, 0.1) is 17.2 Å². The van der Waals surface area contributed by atoms with Gasteiger partial charge in [-0.1, -0.05) is 6.08 Å². The summed E-state index contributed by atoms with van der Waals surface area (Å²) in [7, 11) is 0. The van der Waals surface area contributed by atoms with Gasteiger partial charge in [0.05, 0.1) is 6.07 Å². The van der Waals surface area contributed by atoms with Crippen molar-refractivity contribution >= 4 is 6.29 Å². The van der Waals surface area contributed by atoms with Gasteiger partial charge in [-0.25, -0.2) is 0 Å². The van der Waals surface area contributed by atoms with Gasteiger partial charge in [0.25, 0.3) is 0 Å². The van der Waals surface area contributed by atoms with E-state index in [9.17, 15) is 4.79 Å². The van der Waals surface area contributed by atoms with Gasteiger partial charge in [0, 0.05) is 0 Å². The minimum atomic E-state index is -0.750. The molecule has 0 aromatic carbocycles. The molecule has 0 aliphatic heterocycles. The summed E-state index contributed by atoms with van der Waals surface area (Å²) in [6.07, 6.45) is 2.72. The Morgan fingerprint density at radius 3 is 2.43 bits per heavy atom. The van der Waals surface area contributed by atoms with E-state index in [4.69, 9.17) is 5.26 Å². The van der Waals surface area contributed by atoms with Gasteiger partial charge < -0.3 is 0 Å². The second kappa shape index (κ2) is 3.10. The van der Waals surface area contributed by atoms with E-state index < -0.39 is 5.92 Å². The van der Waals surface area contributed by atoms with Crippen molar-refractivity contribution in [3.63, 3.8) is 0 Å². The Bertz CT molecular complexity index is 104. The first-order chi connectivity index (χ1) is 3.35. The molecule has 35 valence electrons. The molecular formula is C5H4NO. The van der Waals surface area contributed by atoms with Crippen LogP contribution in [0.2, 0.25) is 0 Å². The highest BCUT2D eigenvalue weighted by Gasteiger charge is 1.95. The summed E-state index contributed by atoms with van der Waals surface area (Å²) in [5, 5.41) is 7.94. The van der Waals surface area contributed by atoms with E-state index in [1.807, 2.05) is 0 Å². The number of allylic oxidation sites excluding steroid dienone is 1. The van der Waals surface area contributed by atoms with Gasteiger partial charge in [0.15, 0.2) is 0 Å². The number of nitrogens with zero attached hydrogens (tertiary/aromatic N) is 1. The normalized spacial score (nSPS) is 11.3. The molecule has 0 bridgehead atoms. The van der Waals surface area contributed by atoms with Crippen LogP contribution in [0.1, 0.15) is 0 Å². The standard InChI is InChI=1S/C5H4NO/c1-2-5(3-6)4-7/h2,5H,1H2. The summed E-state index contributed by atoms with van der Waals surface area (Å²) in [4.78, 5) is 9.55. The van der Waals surface area contributed by atoms with E-state index in [1.165, 1.54) is 12.4 Å². The van der Waals surface area contributed by atoms with Crippen LogP contribution in [-0.4, -0.2) is 6.29 Å². The molecule has 0 aromatic rings. The Balaban J connectivity index is 3.65. The highest BCUT2D eigenvalue weighted by molar-refractivity contribution is 5.61. The number of hydrogen-bond acceptors (Lipinski definition) is 2. The zero-order chi connectivity index (χ0) is 5.70. The number of nitriles is 1. The first kappa shape index (κ1) is 5.90. The summed E-state index contributed by atoms with van der Waals surface area (Å²) in [6, 6.07) is 1.66. The zero-order valence-electron chi connectivity index (χ0n) is 3.72. The third-order valence-electron chi connectivity index (χ3n) is 0.502. The van der Waals surface area contributed by atoms with Crippen LogP contribution in [0.4, 0.5) is 0 Å². The van der Waals surface area contributed by atoms with Crippen molar-refractivity contribution in [3.8, 4) is 6.07 Å². The first-order valence-electron chi connectivity index (χ1n) is 1.75. The molecule has 0 aliphatic rings. The van der Waals surface area contributed by atoms with Crippen molar-refractivity contribution in [2.45, 2.75) is 0 Å². The summed E-state index contributed by atoms with van der Waals surface area (Å²) in [6.45, 7) is 3.22. The van der Waals surface area contributed by atoms with Crippen molar-refractivity contribution in [1.82, 2.24) is 0 Å². The molecule has 0 aromatic heterocycles. The third kappa shape index (κ3) is 1.72. The van der Waals surface area contributed by atoms with Crippen LogP contribution in [0.5, 0.6) is 0 Å². The van der Waals surface area contributed by atoms with Crippen LogP contribution in [0.15, 0.2) is 12.7 Å². The molecule has 2 nitrogen and oxygen atoms in total. The maximum Gasteiger partial charge on any atom is 0.221 e. The lowest BCUT2D eigenvalue weighted by atomic mass is 10.2. The molecule has 2 heteroatoms. The largest absolute Gasteiger partial charge is 0.289 e. The SMILES string of the molecule is C=CC([C]=O)C#N. The summed E-state index contributed by atoms with van der Waals surface area (Å²) in [5.74, 6) is -0.750. The molecule has 1 radical (unpaired) electrons. The molecule has 0 spiro atoms. The molecule has 0 saturated heterocycles. The Morgan fingerprint density at radius 1 is 1.86 bits per heavy atom. The molecule has 0 rings (SSSR count). The highest BCUT2D eigenvalue weighted by atomic mass is 16.1. The molecule has 0 aliphatic carbocycles. The minimum Gasteiger partial charge on any atom is -0.289 e. The lowest BCUT2D eigenvalue weighted by Gasteiger charge is -1.78. The van der Waals surface area contributed by atoms with E-state index >= 15 is 0 Å². The van der Waals surface area contributed by atoms with Gasteiger partial charge in [-0.3, -0.25) is 4.79 Å². The van der Waals surface area contributed by atoms with Crippen LogP contribution in [-0.2, 0) is 4.79 Å². The quantitative estimate of drug-likeness (QED) is 0.465. The van der Waals surface area contributed by atoms with Crippen LogP contribution in [0.3, 0.4) is 0 Å². The highest BCUT2D eigenvalue weighted by Crippen LogP contribution is 1.85.